The number of carbonyl (C=O) groups excluding carboxylic acids is 2. The van der Waals surface area contributed by atoms with E-state index in [4.69, 9.17) is 11.6 Å². The Morgan fingerprint density at radius 3 is 1.94 bits per heavy atom. The van der Waals surface area contributed by atoms with Crippen molar-refractivity contribution in [2.24, 2.45) is 0 Å². The number of alkyl halides is 3. The molecular weight excluding hydrogens is 663 g/mol. The predicted octanol–water partition coefficient (Wildman–Crippen LogP) is 7.42. The molecule has 1 N–H and O–H groups in total. The van der Waals surface area contributed by atoms with Gasteiger partial charge in [0.25, 0.3) is 10.0 Å². The van der Waals surface area contributed by atoms with E-state index in [1.165, 1.54) is 17.0 Å². The van der Waals surface area contributed by atoms with Gasteiger partial charge in [-0.2, -0.15) is 13.2 Å². The molecule has 4 aromatic rings. The van der Waals surface area contributed by atoms with E-state index in [0.29, 0.717) is 15.9 Å². The lowest BCUT2D eigenvalue weighted by Crippen LogP contribution is -2.56. The van der Waals surface area contributed by atoms with Crippen molar-refractivity contribution in [3.63, 3.8) is 0 Å². The summed E-state index contributed by atoms with van der Waals surface area (Å²) in [5.41, 5.74) is -0.193. The molecule has 0 aliphatic heterocycles. The van der Waals surface area contributed by atoms with Gasteiger partial charge in [0.2, 0.25) is 11.8 Å². The normalized spacial score (nSPS) is 12.7. The van der Waals surface area contributed by atoms with Crippen LogP contribution in [0.15, 0.2) is 108 Å². The number of halogens is 4. The Balaban J connectivity index is 1.87. The molecule has 0 aromatic heterocycles. The number of amides is 2. The molecular formula is C36H37ClF3N3O4S. The second kappa shape index (κ2) is 14.8. The smallest absolute Gasteiger partial charge is 0.350 e. The number of nitrogens with one attached hydrogen (secondary N) is 1. The van der Waals surface area contributed by atoms with E-state index in [-0.39, 0.29) is 17.9 Å². The molecule has 0 saturated heterocycles. The summed E-state index contributed by atoms with van der Waals surface area (Å²) in [7, 11) is -4.61. The first kappa shape index (κ1) is 36.5. The highest BCUT2D eigenvalue weighted by atomic mass is 35.5. The van der Waals surface area contributed by atoms with Crippen LogP contribution in [-0.2, 0) is 38.8 Å². The molecule has 0 fully saturated rings. The standard InChI is InChI=1S/C36H37ClF3N3O4S/c1-25-15-18-29(19-16-25)48(46,47)43(28-17-20-31(37)30(22-28)36(38,39)40)24-33(44)42(23-27-13-9-6-10-14-27)32(34(45)41-35(2,3)4)21-26-11-7-5-8-12-26/h5-20,22,32H,21,23-24H2,1-4H3,(H,41,45). The minimum atomic E-state index is -4.90. The Labute approximate surface area is 284 Å². The lowest BCUT2D eigenvalue weighted by molar-refractivity contribution is -0.140. The van der Waals surface area contributed by atoms with Gasteiger partial charge in [-0.25, -0.2) is 8.42 Å². The van der Waals surface area contributed by atoms with Crippen LogP contribution in [0.1, 0.15) is 43.0 Å². The first-order valence-electron chi connectivity index (χ1n) is 15.1. The second-order valence-corrected chi connectivity index (χ2v) is 14.7. The van der Waals surface area contributed by atoms with E-state index in [9.17, 15) is 31.2 Å². The third-order valence-corrected chi connectivity index (χ3v) is 9.51. The molecule has 12 heteroatoms. The number of rotatable bonds is 11. The minimum Gasteiger partial charge on any atom is -0.350 e. The van der Waals surface area contributed by atoms with E-state index >= 15 is 0 Å². The minimum absolute atomic E-state index is 0.0818. The van der Waals surface area contributed by atoms with E-state index < -0.39 is 62.4 Å². The molecule has 7 nitrogen and oxygen atoms in total. The number of hydrogen-bond donors (Lipinski definition) is 1. The van der Waals surface area contributed by atoms with Gasteiger partial charge < -0.3 is 10.2 Å². The molecule has 48 heavy (non-hydrogen) atoms. The molecule has 0 heterocycles. The fourth-order valence-electron chi connectivity index (χ4n) is 5.04. The van der Waals surface area contributed by atoms with Crippen LogP contribution in [-0.4, -0.2) is 43.3 Å². The van der Waals surface area contributed by atoms with Crippen LogP contribution >= 0.6 is 11.6 Å². The molecule has 4 aromatic carbocycles. The Morgan fingerprint density at radius 2 is 1.40 bits per heavy atom. The Morgan fingerprint density at radius 1 is 0.833 bits per heavy atom. The molecule has 0 bridgehead atoms. The molecule has 4 rings (SSSR count). The van der Waals surface area contributed by atoms with Crippen LogP contribution in [0.5, 0.6) is 0 Å². The number of nitrogens with zero attached hydrogens (tertiary/aromatic N) is 2. The van der Waals surface area contributed by atoms with E-state index in [2.05, 4.69) is 5.32 Å². The number of sulfonamides is 1. The highest BCUT2D eigenvalue weighted by Crippen LogP contribution is 2.38. The molecule has 0 spiro atoms. The SMILES string of the molecule is Cc1ccc(S(=O)(=O)N(CC(=O)N(Cc2ccccc2)C(Cc2ccccc2)C(=O)NC(C)(C)C)c2ccc(Cl)c(C(F)(F)F)c2)cc1. The summed E-state index contributed by atoms with van der Waals surface area (Å²) in [6, 6.07) is 25.2. The summed E-state index contributed by atoms with van der Waals surface area (Å²) in [4.78, 5) is 29.5. The van der Waals surface area contributed by atoms with Crippen LogP contribution in [0.25, 0.3) is 0 Å². The first-order chi connectivity index (χ1) is 22.5. The van der Waals surface area contributed by atoms with Gasteiger partial charge in [-0.1, -0.05) is 90.0 Å². The van der Waals surface area contributed by atoms with E-state index in [0.717, 1.165) is 23.3 Å². The maximum absolute atomic E-state index is 14.5. The molecule has 0 aliphatic carbocycles. The van der Waals surface area contributed by atoms with Crippen LogP contribution < -0.4 is 9.62 Å². The highest BCUT2D eigenvalue weighted by Gasteiger charge is 2.38. The molecule has 1 unspecified atom stereocenters. The van der Waals surface area contributed by atoms with Gasteiger partial charge in [0.15, 0.2) is 0 Å². The number of aryl methyl sites for hydroxylation is 1. The molecule has 254 valence electrons. The first-order valence-corrected chi connectivity index (χ1v) is 16.9. The number of hydrogen-bond acceptors (Lipinski definition) is 4. The van der Waals surface area contributed by atoms with Crippen molar-refractivity contribution in [1.82, 2.24) is 10.2 Å². The fraction of sp³-hybridized carbons (Fsp3) is 0.278. The quantitative estimate of drug-likeness (QED) is 0.177. The van der Waals surface area contributed by atoms with Crippen LogP contribution in [0, 0.1) is 6.92 Å². The van der Waals surface area contributed by atoms with Crippen LogP contribution in [0.3, 0.4) is 0 Å². The molecule has 0 aliphatic rings. The average molecular weight is 700 g/mol. The zero-order valence-electron chi connectivity index (χ0n) is 27.0. The molecule has 2 amide bonds. The highest BCUT2D eigenvalue weighted by molar-refractivity contribution is 7.92. The molecule has 0 saturated carbocycles. The topological polar surface area (TPSA) is 86.8 Å². The summed E-state index contributed by atoms with van der Waals surface area (Å²) >= 11 is 5.88. The van der Waals surface area contributed by atoms with Crippen molar-refractivity contribution in [2.45, 2.75) is 63.3 Å². The Hall–Kier alpha value is -4.35. The van der Waals surface area contributed by atoms with Crippen molar-refractivity contribution < 1.29 is 31.2 Å². The van der Waals surface area contributed by atoms with Crippen molar-refractivity contribution >= 4 is 39.1 Å². The lowest BCUT2D eigenvalue weighted by Gasteiger charge is -2.35. The zero-order chi connectivity index (χ0) is 35.3. The summed E-state index contributed by atoms with van der Waals surface area (Å²) in [6.45, 7) is 6.15. The number of benzene rings is 4. The largest absolute Gasteiger partial charge is 0.417 e. The fourth-order valence-corrected chi connectivity index (χ4v) is 6.67. The van der Waals surface area contributed by atoms with Gasteiger partial charge in [-0.3, -0.25) is 13.9 Å². The van der Waals surface area contributed by atoms with Crippen molar-refractivity contribution in [2.75, 3.05) is 10.8 Å². The third-order valence-electron chi connectivity index (χ3n) is 7.40. The molecule has 1 atom stereocenters. The van der Waals surface area contributed by atoms with Crippen LogP contribution in [0.2, 0.25) is 5.02 Å². The summed E-state index contributed by atoms with van der Waals surface area (Å²) in [5.74, 6) is -1.28. The van der Waals surface area contributed by atoms with Gasteiger partial charge in [-0.05, 0) is 69.2 Å². The summed E-state index contributed by atoms with van der Waals surface area (Å²) < 4.78 is 70.8. The van der Waals surface area contributed by atoms with Crippen molar-refractivity contribution in [3.05, 3.63) is 130 Å². The average Bonchev–Trinajstić information content (AvgIpc) is 3.01. The van der Waals surface area contributed by atoms with Gasteiger partial charge in [0.1, 0.15) is 12.6 Å². The van der Waals surface area contributed by atoms with Crippen molar-refractivity contribution in [1.29, 1.82) is 0 Å². The van der Waals surface area contributed by atoms with Gasteiger partial charge in [0.05, 0.1) is 21.2 Å². The maximum Gasteiger partial charge on any atom is 0.417 e. The monoisotopic (exact) mass is 699 g/mol. The third kappa shape index (κ3) is 9.38. The van der Waals surface area contributed by atoms with Gasteiger partial charge >= 0.3 is 6.18 Å². The van der Waals surface area contributed by atoms with E-state index in [1.54, 1.807) is 82.3 Å². The lowest BCUT2D eigenvalue weighted by atomic mass is 10.0. The second-order valence-electron chi connectivity index (χ2n) is 12.4. The zero-order valence-corrected chi connectivity index (χ0v) is 28.5. The summed E-state index contributed by atoms with van der Waals surface area (Å²) in [6.07, 6.45) is -4.81. The Kier molecular flexibility index (Phi) is 11.3. The predicted molar refractivity (Wildman–Crippen MR) is 181 cm³/mol. The summed E-state index contributed by atoms with van der Waals surface area (Å²) in [5, 5.41) is 2.31. The van der Waals surface area contributed by atoms with Crippen LogP contribution in [0.4, 0.5) is 18.9 Å². The van der Waals surface area contributed by atoms with Crippen molar-refractivity contribution in [3.8, 4) is 0 Å². The molecule has 0 radical (unpaired) electrons. The van der Waals surface area contributed by atoms with Gasteiger partial charge in [-0.15, -0.1) is 0 Å². The van der Waals surface area contributed by atoms with Gasteiger partial charge in [0, 0.05) is 18.5 Å². The number of carbonyl (C=O) groups is 2. The number of anilines is 1. The Bertz CT molecular complexity index is 1830. The van der Waals surface area contributed by atoms with E-state index in [1.807, 2.05) is 18.2 Å². The maximum atomic E-state index is 14.5.